The average molecular weight is 380 g/mol. The quantitative estimate of drug-likeness (QED) is 0.687. The molecular formula is C17H21N3O3S2. The van der Waals surface area contributed by atoms with E-state index in [1.165, 1.54) is 23.1 Å². The molecule has 2 rings (SSSR count). The number of ether oxygens (including phenoxy) is 1. The molecule has 0 bridgehead atoms. The third-order valence-electron chi connectivity index (χ3n) is 3.24. The highest BCUT2D eigenvalue weighted by molar-refractivity contribution is 8.01. The van der Waals surface area contributed by atoms with E-state index >= 15 is 0 Å². The molecule has 1 aromatic heterocycles. The second kappa shape index (κ2) is 8.87. The van der Waals surface area contributed by atoms with Gasteiger partial charge in [-0.15, -0.1) is 11.8 Å². The Balaban J connectivity index is 1.89. The van der Waals surface area contributed by atoms with Gasteiger partial charge >= 0.3 is 0 Å². The van der Waals surface area contributed by atoms with Crippen LogP contribution in [0, 0.1) is 6.92 Å². The maximum atomic E-state index is 12.0. The number of hydrogen-bond donors (Lipinski definition) is 2. The van der Waals surface area contributed by atoms with Crippen molar-refractivity contribution in [3.8, 4) is 5.75 Å². The number of amides is 2. The van der Waals surface area contributed by atoms with Crippen LogP contribution in [-0.2, 0) is 9.59 Å². The Morgan fingerprint density at radius 1 is 1.40 bits per heavy atom. The Morgan fingerprint density at radius 3 is 2.84 bits per heavy atom. The minimum atomic E-state index is -0.389. The van der Waals surface area contributed by atoms with Crippen molar-refractivity contribution in [3.63, 3.8) is 0 Å². The number of thioether (sulfide) groups is 1. The SMILES string of the molecule is Cc1nc(NC(=O)COc2cccc(C(C)C)c2)sc1SCC(N)=O. The number of primary amides is 1. The van der Waals surface area contributed by atoms with Gasteiger partial charge in [-0.3, -0.25) is 14.9 Å². The van der Waals surface area contributed by atoms with Crippen molar-refractivity contribution < 1.29 is 14.3 Å². The lowest BCUT2D eigenvalue weighted by molar-refractivity contribution is -0.118. The van der Waals surface area contributed by atoms with Crippen LogP contribution in [0.25, 0.3) is 0 Å². The number of aromatic nitrogens is 1. The number of carbonyl (C=O) groups is 2. The van der Waals surface area contributed by atoms with Gasteiger partial charge in [0, 0.05) is 0 Å². The van der Waals surface area contributed by atoms with Crippen LogP contribution in [0.5, 0.6) is 5.75 Å². The van der Waals surface area contributed by atoms with Crippen molar-refractivity contribution >= 4 is 40.0 Å². The van der Waals surface area contributed by atoms with Gasteiger partial charge in [0.25, 0.3) is 5.91 Å². The molecule has 2 amide bonds. The summed E-state index contributed by atoms with van der Waals surface area (Å²) in [7, 11) is 0. The average Bonchev–Trinajstić information content (AvgIpc) is 2.90. The predicted molar refractivity (Wildman–Crippen MR) is 101 cm³/mol. The normalized spacial score (nSPS) is 10.7. The molecule has 3 N–H and O–H groups in total. The first kappa shape index (κ1) is 19.3. The number of thiazole rings is 1. The van der Waals surface area contributed by atoms with Gasteiger partial charge < -0.3 is 10.5 Å². The summed E-state index contributed by atoms with van der Waals surface area (Å²) < 4.78 is 6.41. The first-order valence-electron chi connectivity index (χ1n) is 7.76. The predicted octanol–water partition coefficient (Wildman–Crippen LogP) is 3.17. The second-order valence-corrected chi connectivity index (χ2v) is 7.95. The number of rotatable bonds is 8. The van der Waals surface area contributed by atoms with E-state index in [1.54, 1.807) is 0 Å². The lowest BCUT2D eigenvalue weighted by atomic mass is 10.0. The van der Waals surface area contributed by atoms with Crippen LogP contribution in [0.1, 0.15) is 31.0 Å². The molecule has 134 valence electrons. The van der Waals surface area contributed by atoms with E-state index in [2.05, 4.69) is 24.1 Å². The van der Waals surface area contributed by atoms with E-state index in [-0.39, 0.29) is 24.2 Å². The molecule has 0 saturated heterocycles. The van der Waals surface area contributed by atoms with Crippen molar-refractivity contribution in [2.45, 2.75) is 30.9 Å². The summed E-state index contributed by atoms with van der Waals surface area (Å²) in [5.74, 6) is 0.572. The van der Waals surface area contributed by atoms with Crippen molar-refractivity contribution in [1.82, 2.24) is 4.98 Å². The zero-order valence-electron chi connectivity index (χ0n) is 14.4. The molecule has 6 nitrogen and oxygen atoms in total. The minimum Gasteiger partial charge on any atom is -0.484 e. The fourth-order valence-electron chi connectivity index (χ4n) is 1.97. The van der Waals surface area contributed by atoms with Crippen molar-refractivity contribution in [1.29, 1.82) is 0 Å². The Kier molecular flexibility index (Phi) is 6.83. The molecule has 0 aliphatic carbocycles. The van der Waals surface area contributed by atoms with Crippen LogP contribution in [-0.4, -0.2) is 29.2 Å². The summed E-state index contributed by atoms with van der Waals surface area (Å²) in [5.41, 5.74) is 7.06. The first-order valence-corrected chi connectivity index (χ1v) is 9.56. The Bertz CT molecular complexity index is 759. The highest BCUT2D eigenvalue weighted by Crippen LogP contribution is 2.31. The summed E-state index contributed by atoms with van der Waals surface area (Å²) in [4.78, 5) is 27.2. The maximum Gasteiger partial charge on any atom is 0.264 e. The van der Waals surface area contributed by atoms with Gasteiger partial charge in [-0.25, -0.2) is 4.98 Å². The van der Waals surface area contributed by atoms with Gasteiger partial charge in [-0.1, -0.05) is 37.3 Å². The molecule has 0 aliphatic heterocycles. The number of benzene rings is 1. The fraction of sp³-hybridized carbons (Fsp3) is 0.353. The molecule has 0 spiro atoms. The molecule has 0 aliphatic rings. The Labute approximate surface area is 155 Å². The maximum absolute atomic E-state index is 12.0. The summed E-state index contributed by atoms with van der Waals surface area (Å²) in [6, 6.07) is 7.70. The molecule has 0 radical (unpaired) electrons. The second-order valence-electron chi connectivity index (χ2n) is 5.71. The van der Waals surface area contributed by atoms with E-state index in [1.807, 2.05) is 31.2 Å². The van der Waals surface area contributed by atoms with E-state index in [0.29, 0.717) is 16.8 Å². The number of nitrogens with one attached hydrogen (secondary N) is 1. The molecule has 2 aromatic rings. The molecule has 0 atom stereocenters. The third-order valence-corrected chi connectivity index (χ3v) is 5.70. The van der Waals surface area contributed by atoms with Gasteiger partial charge in [0.2, 0.25) is 5.91 Å². The van der Waals surface area contributed by atoms with Crippen molar-refractivity contribution in [2.75, 3.05) is 17.7 Å². The highest BCUT2D eigenvalue weighted by Gasteiger charge is 2.12. The Hall–Kier alpha value is -2.06. The van der Waals surface area contributed by atoms with Gasteiger partial charge in [0.05, 0.1) is 15.7 Å². The molecule has 1 aromatic carbocycles. The van der Waals surface area contributed by atoms with E-state index in [9.17, 15) is 9.59 Å². The molecule has 0 fully saturated rings. The van der Waals surface area contributed by atoms with Gasteiger partial charge in [0.15, 0.2) is 11.7 Å². The number of nitrogens with zero attached hydrogens (tertiary/aromatic N) is 1. The number of carbonyl (C=O) groups excluding carboxylic acids is 2. The van der Waals surface area contributed by atoms with Gasteiger partial charge in [0.1, 0.15) is 5.75 Å². The van der Waals surface area contributed by atoms with Crippen LogP contribution < -0.4 is 15.8 Å². The lowest BCUT2D eigenvalue weighted by Gasteiger charge is -2.09. The first-order chi connectivity index (χ1) is 11.8. The fourth-order valence-corrected chi connectivity index (χ4v) is 3.87. The number of hydrogen-bond acceptors (Lipinski definition) is 6. The van der Waals surface area contributed by atoms with Gasteiger partial charge in [-0.05, 0) is 30.5 Å². The van der Waals surface area contributed by atoms with E-state index < -0.39 is 0 Å². The third kappa shape index (κ3) is 6.06. The van der Waals surface area contributed by atoms with E-state index in [0.717, 1.165) is 15.5 Å². The standard InChI is InChI=1S/C17H21N3O3S2/c1-10(2)12-5-4-6-13(7-12)23-8-15(22)20-17-19-11(3)16(25-17)24-9-14(18)21/h4-7,10H,8-9H2,1-3H3,(H2,18,21)(H,19,20,22). The largest absolute Gasteiger partial charge is 0.484 e. The van der Waals surface area contributed by atoms with Crippen LogP contribution in [0.3, 0.4) is 0 Å². The molecule has 0 saturated carbocycles. The van der Waals surface area contributed by atoms with Crippen molar-refractivity contribution in [3.05, 3.63) is 35.5 Å². The highest BCUT2D eigenvalue weighted by atomic mass is 32.2. The Morgan fingerprint density at radius 2 is 2.16 bits per heavy atom. The van der Waals surface area contributed by atoms with Crippen LogP contribution in [0.2, 0.25) is 0 Å². The summed E-state index contributed by atoms with van der Waals surface area (Å²) >= 11 is 2.63. The molecule has 8 heteroatoms. The summed E-state index contributed by atoms with van der Waals surface area (Å²) in [6.45, 7) is 5.93. The summed E-state index contributed by atoms with van der Waals surface area (Å²) in [5, 5.41) is 3.19. The minimum absolute atomic E-state index is 0.0933. The molecule has 0 unspecified atom stereocenters. The van der Waals surface area contributed by atoms with Crippen LogP contribution in [0.4, 0.5) is 5.13 Å². The van der Waals surface area contributed by atoms with Crippen LogP contribution >= 0.6 is 23.1 Å². The molecule has 1 heterocycles. The molecular weight excluding hydrogens is 358 g/mol. The number of anilines is 1. The van der Waals surface area contributed by atoms with Crippen LogP contribution in [0.15, 0.2) is 28.5 Å². The number of nitrogens with two attached hydrogens (primary N) is 1. The monoisotopic (exact) mass is 379 g/mol. The smallest absolute Gasteiger partial charge is 0.264 e. The van der Waals surface area contributed by atoms with Crippen molar-refractivity contribution in [2.24, 2.45) is 5.73 Å². The molecule has 25 heavy (non-hydrogen) atoms. The zero-order valence-corrected chi connectivity index (χ0v) is 16.0. The van der Waals surface area contributed by atoms with Gasteiger partial charge in [-0.2, -0.15) is 0 Å². The zero-order chi connectivity index (χ0) is 18.4. The number of aryl methyl sites for hydroxylation is 1. The topological polar surface area (TPSA) is 94.3 Å². The summed E-state index contributed by atoms with van der Waals surface area (Å²) in [6.07, 6.45) is 0. The lowest BCUT2D eigenvalue weighted by Crippen LogP contribution is -2.20. The van der Waals surface area contributed by atoms with E-state index in [4.69, 9.17) is 10.5 Å².